The van der Waals surface area contributed by atoms with Gasteiger partial charge in [-0.25, -0.2) is 0 Å². The summed E-state index contributed by atoms with van der Waals surface area (Å²) < 4.78 is 11.3. The molecule has 1 fully saturated rings. The van der Waals surface area contributed by atoms with Gasteiger partial charge in [0, 0.05) is 11.9 Å². The van der Waals surface area contributed by atoms with Crippen LogP contribution in [0.5, 0.6) is 0 Å². The van der Waals surface area contributed by atoms with Crippen molar-refractivity contribution in [2.24, 2.45) is 5.41 Å². The monoisotopic (exact) mass is 366 g/mol. The first-order valence-corrected chi connectivity index (χ1v) is 9.84. The van der Waals surface area contributed by atoms with Crippen LogP contribution in [-0.2, 0) is 19.1 Å². The highest BCUT2D eigenvalue weighted by Crippen LogP contribution is 2.38. The second-order valence-corrected chi connectivity index (χ2v) is 9.05. The molecule has 1 radical (unpaired) electrons. The standard InChI is InChI=1S/C20H37BNO4/c1-8-20(5,17(24)25-14-13-22(6)7)21-15-18(2,3)16(23)26-19(4)11-9-10-12-19/h8-15H2,1-7H3. The average Bonchev–Trinajstić information content (AvgIpc) is 2.98. The van der Waals surface area contributed by atoms with E-state index in [1.54, 1.807) is 0 Å². The molecule has 0 aromatic carbocycles. The molecule has 5 nitrogen and oxygen atoms in total. The molecular formula is C20H37BNO4. The van der Waals surface area contributed by atoms with Gasteiger partial charge < -0.3 is 14.4 Å². The summed E-state index contributed by atoms with van der Waals surface area (Å²) in [6.45, 7) is 10.7. The summed E-state index contributed by atoms with van der Waals surface area (Å²) in [4.78, 5) is 27.2. The van der Waals surface area contributed by atoms with Gasteiger partial charge >= 0.3 is 11.9 Å². The molecule has 149 valence electrons. The molecule has 0 aromatic rings. The SMILES string of the molecule is CCC(C)([B]CC(C)(C)C(=O)OC1(C)CCCC1)C(=O)OCCN(C)C. The first-order chi connectivity index (χ1) is 11.9. The predicted molar refractivity (Wildman–Crippen MR) is 105 cm³/mol. The Bertz CT molecular complexity index is 486. The second kappa shape index (κ2) is 9.25. The minimum Gasteiger partial charge on any atom is -0.464 e. The molecule has 0 aliphatic heterocycles. The Hall–Kier alpha value is -1.04. The van der Waals surface area contributed by atoms with Crippen molar-refractivity contribution in [1.82, 2.24) is 4.90 Å². The van der Waals surface area contributed by atoms with Gasteiger partial charge in [-0.05, 0) is 53.1 Å². The van der Waals surface area contributed by atoms with Crippen molar-refractivity contribution in [3.8, 4) is 0 Å². The maximum Gasteiger partial charge on any atom is 0.311 e. The molecule has 1 saturated carbocycles. The highest BCUT2D eigenvalue weighted by molar-refractivity contribution is 6.47. The molecule has 26 heavy (non-hydrogen) atoms. The van der Waals surface area contributed by atoms with Gasteiger partial charge in [-0.1, -0.05) is 34.0 Å². The van der Waals surface area contributed by atoms with Crippen LogP contribution in [0.3, 0.4) is 0 Å². The zero-order valence-electron chi connectivity index (χ0n) is 17.8. The van der Waals surface area contributed by atoms with E-state index in [4.69, 9.17) is 9.47 Å². The third kappa shape index (κ3) is 6.60. The lowest BCUT2D eigenvalue weighted by molar-refractivity contribution is -0.167. The number of esters is 2. The molecule has 6 heteroatoms. The Morgan fingerprint density at radius 1 is 1.12 bits per heavy atom. The number of rotatable bonds is 10. The summed E-state index contributed by atoms with van der Waals surface area (Å²) in [5.41, 5.74) is -0.987. The molecule has 0 heterocycles. The van der Waals surface area contributed by atoms with Crippen LogP contribution in [0.4, 0.5) is 0 Å². The van der Waals surface area contributed by atoms with Crippen molar-refractivity contribution in [2.45, 2.75) is 84.0 Å². The molecule has 1 rings (SSSR count). The number of carbonyl (C=O) groups excluding carboxylic acids is 2. The molecule has 0 N–H and O–H groups in total. The van der Waals surface area contributed by atoms with Gasteiger partial charge in [0.2, 0.25) is 0 Å². The van der Waals surface area contributed by atoms with Gasteiger partial charge in [-0.15, -0.1) is 0 Å². The smallest absolute Gasteiger partial charge is 0.311 e. The highest BCUT2D eigenvalue weighted by atomic mass is 16.6. The van der Waals surface area contributed by atoms with E-state index in [1.807, 2.05) is 60.9 Å². The molecule has 0 saturated heterocycles. The summed E-state index contributed by atoms with van der Waals surface area (Å²) in [6, 6.07) is 0. The largest absolute Gasteiger partial charge is 0.464 e. The van der Waals surface area contributed by atoms with Crippen LogP contribution in [-0.4, -0.2) is 57.0 Å². The van der Waals surface area contributed by atoms with Crippen LogP contribution in [0.25, 0.3) is 0 Å². The molecule has 1 atom stereocenters. The number of likely N-dealkylation sites (N-methyl/N-ethyl adjacent to an activating group) is 1. The third-order valence-electron chi connectivity index (χ3n) is 5.59. The summed E-state index contributed by atoms with van der Waals surface area (Å²) in [7, 11) is 5.82. The Balaban J connectivity index is 2.60. The van der Waals surface area contributed by atoms with Gasteiger partial charge in [-0.3, -0.25) is 9.59 Å². The maximum atomic E-state index is 12.7. The van der Waals surface area contributed by atoms with Crippen molar-refractivity contribution in [3.63, 3.8) is 0 Å². The van der Waals surface area contributed by atoms with E-state index in [9.17, 15) is 9.59 Å². The van der Waals surface area contributed by atoms with E-state index < -0.39 is 10.7 Å². The topological polar surface area (TPSA) is 55.8 Å². The van der Waals surface area contributed by atoms with Crippen molar-refractivity contribution in [3.05, 3.63) is 0 Å². The number of carbonyl (C=O) groups is 2. The number of hydrogen-bond acceptors (Lipinski definition) is 5. The van der Waals surface area contributed by atoms with Crippen LogP contribution in [0.2, 0.25) is 11.6 Å². The van der Waals surface area contributed by atoms with E-state index in [2.05, 4.69) is 0 Å². The Morgan fingerprint density at radius 3 is 2.19 bits per heavy atom. The van der Waals surface area contributed by atoms with Gasteiger partial charge in [0.1, 0.15) is 19.5 Å². The van der Waals surface area contributed by atoms with Crippen LogP contribution < -0.4 is 0 Å². The predicted octanol–water partition coefficient (Wildman–Crippen LogP) is 3.70. The van der Waals surface area contributed by atoms with Crippen LogP contribution in [0.1, 0.15) is 66.7 Å². The van der Waals surface area contributed by atoms with Gasteiger partial charge in [0.15, 0.2) is 0 Å². The molecule has 1 unspecified atom stereocenters. The zero-order chi connectivity index (χ0) is 20.0. The molecule has 0 bridgehead atoms. The highest BCUT2D eigenvalue weighted by Gasteiger charge is 2.41. The van der Waals surface area contributed by atoms with Crippen LogP contribution in [0, 0.1) is 5.41 Å². The van der Waals surface area contributed by atoms with E-state index in [0.717, 1.165) is 25.7 Å². The van der Waals surface area contributed by atoms with Gasteiger partial charge in [0.05, 0.1) is 5.41 Å². The summed E-state index contributed by atoms with van der Waals surface area (Å²) in [5, 5.41) is -0.693. The summed E-state index contributed by atoms with van der Waals surface area (Å²) >= 11 is 0. The normalized spacial score (nSPS) is 19.1. The lowest BCUT2D eigenvalue weighted by atomic mass is 9.46. The average molecular weight is 366 g/mol. The van der Waals surface area contributed by atoms with E-state index in [-0.39, 0.29) is 17.5 Å². The molecule has 0 spiro atoms. The number of nitrogens with zero attached hydrogens (tertiary/aromatic N) is 1. The Kier molecular flexibility index (Phi) is 8.18. The first-order valence-electron chi connectivity index (χ1n) is 9.84. The molecule has 1 aliphatic rings. The van der Waals surface area contributed by atoms with Crippen LogP contribution >= 0.6 is 0 Å². The molecule has 0 aromatic heterocycles. The third-order valence-corrected chi connectivity index (χ3v) is 5.59. The Morgan fingerprint density at radius 2 is 1.69 bits per heavy atom. The molecule has 1 aliphatic carbocycles. The van der Waals surface area contributed by atoms with Crippen molar-refractivity contribution in [1.29, 1.82) is 0 Å². The molecular weight excluding hydrogens is 329 g/mol. The minimum atomic E-state index is -0.693. The number of hydrogen-bond donors (Lipinski definition) is 0. The molecule has 0 amide bonds. The fraction of sp³-hybridized carbons (Fsp3) is 0.900. The summed E-state index contributed by atoms with van der Waals surface area (Å²) in [5.74, 6) is -0.411. The fourth-order valence-corrected chi connectivity index (χ4v) is 3.01. The quantitative estimate of drug-likeness (QED) is 0.436. The lowest BCUT2D eigenvalue weighted by Gasteiger charge is -2.33. The van der Waals surface area contributed by atoms with E-state index >= 15 is 0 Å². The van der Waals surface area contributed by atoms with Gasteiger partial charge in [0.25, 0.3) is 0 Å². The van der Waals surface area contributed by atoms with Crippen molar-refractivity contribution >= 4 is 19.2 Å². The van der Waals surface area contributed by atoms with Gasteiger partial charge in [-0.2, -0.15) is 0 Å². The van der Waals surface area contributed by atoms with Crippen molar-refractivity contribution < 1.29 is 19.1 Å². The second-order valence-electron chi connectivity index (χ2n) is 9.05. The van der Waals surface area contributed by atoms with E-state index in [1.165, 1.54) is 0 Å². The number of ether oxygens (including phenoxy) is 2. The minimum absolute atomic E-state index is 0.183. The zero-order valence-corrected chi connectivity index (χ0v) is 17.8. The first kappa shape index (κ1) is 23.0. The van der Waals surface area contributed by atoms with E-state index in [0.29, 0.717) is 25.9 Å². The van der Waals surface area contributed by atoms with Crippen molar-refractivity contribution in [2.75, 3.05) is 27.2 Å². The summed E-state index contributed by atoms with van der Waals surface area (Å²) in [6.07, 6.45) is 5.21. The fourth-order valence-electron chi connectivity index (χ4n) is 3.01. The maximum absolute atomic E-state index is 12.7. The van der Waals surface area contributed by atoms with Crippen LogP contribution in [0.15, 0.2) is 0 Å². The lowest BCUT2D eigenvalue weighted by Crippen LogP contribution is -2.39. The Labute approximate surface area is 160 Å².